The van der Waals surface area contributed by atoms with Crippen LogP contribution in [0.15, 0.2) is 24.3 Å². The van der Waals surface area contributed by atoms with Gasteiger partial charge in [0.05, 0.1) is 5.21 Å². The summed E-state index contributed by atoms with van der Waals surface area (Å²) in [5, 5.41) is 17.1. The lowest BCUT2D eigenvalue weighted by Crippen LogP contribution is -2.42. The quantitative estimate of drug-likeness (QED) is 0.714. The van der Waals surface area contributed by atoms with E-state index in [0.717, 1.165) is 37.2 Å². The number of hydrogen-bond donors (Lipinski definition) is 0. The van der Waals surface area contributed by atoms with Gasteiger partial charge in [0.25, 0.3) is 0 Å². The smallest absolute Gasteiger partial charge is 0.161 e. The lowest BCUT2D eigenvalue weighted by atomic mass is 10.1. The van der Waals surface area contributed by atoms with Crippen molar-refractivity contribution in [3.05, 3.63) is 35.0 Å². The first-order valence-electron chi connectivity index (χ1n) is 5.71. The molecule has 3 rings (SSSR count). The van der Waals surface area contributed by atoms with Gasteiger partial charge in [0.15, 0.2) is 11.4 Å². The van der Waals surface area contributed by atoms with Crippen molar-refractivity contribution in [1.29, 1.82) is 0 Å². The van der Waals surface area contributed by atoms with Gasteiger partial charge < -0.3 is 5.11 Å². The van der Waals surface area contributed by atoms with Gasteiger partial charge in [-0.1, -0.05) is 11.6 Å². The van der Waals surface area contributed by atoms with Crippen LogP contribution >= 0.6 is 11.6 Å². The summed E-state index contributed by atoms with van der Waals surface area (Å²) in [5.74, 6) is -0.00739. The van der Waals surface area contributed by atoms with Crippen LogP contribution in [0.1, 0.15) is 18.5 Å². The van der Waals surface area contributed by atoms with Crippen LogP contribution in [0.25, 0.3) is 5.69 Å². The highest BCUT2D eigenvalue weighted by atomic mass is 35.5. The van der Waals surface area contributed by atoms with Gasteiger partial charge in [0.1, 0.15) is 12.4 Å². The maximum Gasteiger partial charge on any atom is 0.161 e. The lowest BCUT2D eigenvalue weighted by molar-refractivity contribution is -0.765. The topological polar surface area (TPSA) is 44.8 Å². The fourth-order valence-corrected chi connectivity index (χ4v) is 2.28. The Morgan fingerprint density at radius 3 is 2.71 bits per heavy atom. The zero-order chi connectivity index (χ0) is 11.8. The average Bonchev–Trinajstić information content (AvgIpc) is 2.69. The number of benzene rings is 1. The van der Waals surface area contributed by atoms with E-state index in [-0.39, 0.29) is 5.88 Å². The van der Waals surface area contributed by atoms with Gasteiger partial charge in [-0.05, 0) is 37.1 Å². The van der Waals surface area contributed by atoms with Gasteiger partial charge in [0.2, 0.25) is 0 Å². The van der Waals surface area contributed by atoms with Crippen LogP contribution in [0.4, 0.5) is 0 Å². The second-order valence-corrected chi connectivity index (χ2v) is 4.65. The standard InChI is InChI=1S/C12H12ClN3O/c13-9-4-6-10(7-5-9)16-12(17)11-3-1-2-8-15(11)14-16/h4-7H,1-3,8H2. The SMILES string of the molecule is [O-]c1c2[n+](nn1-c1ccc(Cl)cc1)CCCC2. The van der Waals surface area contributed by atoms with E-state index < -0.39 is 0 Å². The summed E-state index contributed by atoms with van der Waals surface area (Å²) in [5.41, 5.74) is 1.58. The molecule has 0 amide bonds. The van der Waals surface area contributed by atoms with Gasteiger partial charge in [-0.15, -0.1) is 9.36 Å². The summed E-state index contributed by atoms with van der Waals surface area (Å²) in [6.07, 6.45) is 2.99. The fourth-order valence-electron chi connectivity index (χ4n) is 2.16. The molecule has 0 spiro atoms. The van der Waals surface area contributed by atoms with Crippen LogP contribution in [0.2, 0.25) is 5.02 Å². The van der Waals surface area contributed by atoms with Gasteiger partial charge in [-0.3, -0.25) is 0 Å². The molecule has 4 nitrogen and oxygen atoms in total. The third-order valence-corrected chi connectivity index (χ3v) is 3.30. The number of aryl methyl sites for hydroxylation is 1. The first kappa shape index (κ1) is 10.6. The molecule has 0 aliphatic carbocycles. The highest BCUT2D eigenvalue weighted by Crippen LogP contribution is 2.20. The molecular weight excluding hydrogens is 238 g/mol. The third-order valence-electron chi connectivity index (χ3n) is 3.05. The fraction of sp³-hybridized carbons (Fsp3) is 0.333. The molecule has 0 unspecified atom stereocenters. The van der Waals surface area contributed by atoms with E-state index in [1.807, 2.05) is 16.8 Å². The van der Waals surface area contributed by atoms with Gasteiger partial charge >= 0.3 is 0 Å². The predicted molar refractivity (Wildman–Crippen MR) is 61.2 cm³/mol. The van der Waals surface area contributed by atoms with E-state index in [1.165, 1.54) is 4.68 Å². The van der Waals surface area contributed by atoms with Crippen molar-refractivity contribution in [2.45, 2.75) is 25.8 Å². The normalized spacial score (nSPS) is 14.6. The number of aromatic nitrogens is 3. The van der Waals surface area contributed by atoms with Gasteiger partial charge in [0, 0.05) is 11.4 Å². The van der Waals surface area contributed by atoms with Gasteiger partial charge in [-0.25, -0.2) is 0 Å². The molecule has 0 radical (unpaired) electrons. The molecule has 0 fully saturated rings. The lowest BCUT2D eigenvalue weighted by Gasteiger charge is -2.08. The second-order valence-electron chi connectivity index (χ2n) is 4.21. The zero-order valence-electron chi connectivity index (χ0n) is 9.27. The van der Waals surface area contributed by atoms with E-state index >= 15 is 0 Å². The van der Waals surface area contributed by atoms with Crippen molar-refractivity contribution in [1.82, 2.24) is 9.90 Å². The molecule has 0 bridgehead atoms. The minimum atomic E-state index is -0.00739. The summed E-state index contributed by atoms with van der Waals surface area (Å²) in [6, 6.07) is 7.15. The molecule has 2 aromatic rings. The highest BCUT2D eigenvalue weighted by Gasteiger charge is 2.22. The molecule has 1 aliphatic heterocycles. The molecule has 0 saturated heterocycles. The van der Waals surface area contributed by atoms with E-state index in [4.69, 9.17) is 11.6 Å². The Labute approximate surface area is 104 Å². The summed E-state index contributed by atoms with van der Waals surface area (Å²) in [4.78, 5) is 0. The van der Waals surface area contributed by atoms with Gasteiger partial charge in [-0.2, -0.15) is 0 Å². The number of hydrogen-bond acceptors (Lipinski definition) is 2. The Morgan fingerprint density at radius 2 is 2.00 bits per heavy atom. The minimum absolute atomic E-state index is 0.00739. The van der Waals surface area contributed by atoms with Crippen LogP contribution in [-0.2, 0) is 13.0 Å². The first-order chi connectivity index (χ1) is 8.25. The van der Waals surface area contributed by atoms with E-state index in [1.54, 1.807) is 12.1 Å². The predicted octanol–water partition coefficient (Wildman–Crippen LogP) is 1.22. The van der Waals surface area contributed by atoms with Crippen molar-refractivity contribution in [2.24, 2.45) is 0 Å². The van der Waals surface area contributed by atoms with E-state index in [2.05, 4.69) is 5.21 Å². The zero-order valence-corrected chi connectivity index (χ0v) is 10.0. The van der Waals surface area contributed by atoms with Crippen molar-refractivity contribution in [2.75, 3.05) is 0 Å². The molecule has 88 valence electrons. The highest BCUT2D eigenvalue weighted by molar-refractivity contribution is 6.30. The maximum absolute atomic E-state index is 12.1. The molecule has 0 saturated carbocycles. The largest absolute Gasteiger partial charge is 0.838 e. The molecule has 0 N–H and O–H groups in total. The number of fused-ring (bicyclic) bond motifs is 1. The van der Waals surface area contributed by atoms with Crippen LogP contribution < -0.4 is 9.79 Å². The van der Waals surface area contributed by atoms with Crippen LogP contribution in [-0.4, -0.2) is 9.90 Å². The Balaban J connectivity index is 2.09. The Kier molecular flexibility index (Phi) is 2.52. The van der Waals surface area contributed by atoms with Crippen LogP contribution in [0.3, 0.4) is 0 Å². The number of halogens is 1. The molecule has 17 heavy (non-hydrogen) atoms. The Morgan fingerprint density at radius 1 is 1.24 bits per heavy atom. The molecule has 1 aliphatic rings. The summed E-state index contributed by atoms with van der Waals surface area (Å²) < 4.78 is 3.28. The monoisotopic (exact) mass is 249 g/mol. The van der Waals surface area contributed by atoms with Crippen LogP contribution in [0.5, 0.6) is 5.88 Å². The van der Waals surface area contributed by atoms with Crippen molar-refractivity contribution < 1.29 is 9.79 Å². The third kappa shape index (κ3) is 1.78. The molecule has 1 aromatic carbocycles. The molecular formula is C12H12ClN3O. The molecule has 5 heteroatoms. The Bertz CT molecular complexity index is 548. The summed E-state index contributed by atoms with van der Waals surface area (Å²) in [6.45, 7) is 0.838. The number of nitrogens with zero attached hydrogens (tertiary/aromatic N) is 3. The van der Waals surface area contributed by atoms with Crippen molar-refractivity contribution in [3.63, 3.8) is 0 Å². The molecule has 1 aromatic heterocycles. The summed E-state index contributed by atoms with van der Waals surface area (Å²) in [7, 11) is 0. The molecule has 0 atom stereocenters. The average molecular weight is 250 g/mol. The Hall–Kier alpha value is -1.55. The minimum Gasteiger partial charge on any atom is -0.838 e. The van der Waals surface area contributed by atoms with Crippen molar-refractivity contribution in [3.8, 4) is 11.6 Å². The second kappa shape index (κ2) is 4.04. The summed E-state index contributed by atoms with van der Waals surface area (Å²) >= 11 is 5.83. The first-order valence-corrected chi connectivity index (χ1v) is 6.08. The molecule has 2 heterocycles. The van der Waals surface area contributed by atoms with Crippen LogP contribution in [0, 0.1) is 0 Å². The van der Waals surface area contributed by atoms with E-state index in [9.17, 15) is 5.11 Å². The van der Waals surface area contributed by atoms with Crippen molar-refractivity contribution >= 4 is 11.6 Å². The number of rotatable bonds is 1. The maximum atomic E-state index is 12.1. The van der Waals surface area contributed by atoms with E-state index in [0.29, 0.717) is 5.02 Å².